The first-order chi connectivity index (χ1) is 13.1. The summed E-state index contributed by atoms with van der Waals surface area (Å²) < 4.78 is 0. The molecule has 2 fully saturated rings. The predicted octanol–water partition coefficient (Wildman–Crippen LogP) is 3.90. The monoisotopic (exact) mass is 383 g/mol. The highest BCUT2D eigenvalue weighted by Gasteiger charge is 2.29. The summed E-state index contributed by atoms with van der Waals surface area (Å²) in [6.45, 7) is 0.696. The number of carbonyl (C=O) groups is 2. The van der Waals surface area contributed by atoms with Crippen LogP contribution in [0.15, 0.2) is 48.5 Å². The van der Waals surface area contributed by atoms with Gasteiger partial charge in [0.1, 0.15) is 6.04 Å². The quantitative estimate of drug-likeness (QED) is 0.795. The van der Waals surface area contributed by atoms with Crippen LogP contribution < -0.4 is 15.5 Å². The molecular weight excluding hydrogens is 362 g/mol. The van der Waals surface area contributed by atoms with Crippen LogP contribution in [0, 0.1) is 0 Å². The van der Waals surface area contributed by atoms with Crippen molar-refractivity contribution in [1.29, 1.82) is 0 Å². The largest absolute Gasteiger partial charge is 0.370 e. The van der Waals surface area contributed by atoms with Gasteiger partial charge in [0.25, 0.3) is 0 Å². The van der Waals surface area contributed by atoms with Crippen molar-refractivity contribution in [3.8, 4) is 0 Å². The molecule has 1 saturated carbocycles. The highest BCUT2D eigenvalue weighted by atomic mass is 35.5. The standard InChI is InChI=1S/C21H22ClN3O2/c22-17-13-16(10-11-18(17)25-12-4-7-19(25)26)23-20(14-5-2-1-3-6-14)21(27)24-15-8-9-15/h1-3,5-6,10-11,13,15,20,23H,4,7-9,12H2,(H,24,27)/t20-/m0/s1. The van der Waals surface area contributed by atoms with E-state index in [2.05, 4.69) is 10.6 Å². The summed E-state index contributed by atoms with van der Waals surface area (Å²) in [4.78, 5) is 26.4. The van der Waals surface area contributed by atoms with E-state index in [1.165, 1.54) is 0 Å². The molecule has 140 valence electrons. The molecule has 6 heteroatoms. The molecule has 2 aliphatic rings. The van der Waals surface area contributed by atoms with Gasteiger partial charge in [-0.3, -0.25) is 9.59 Å². The van der Waals surface area contributed by atoms with Crippen molar-refractivity contribution in [3.05, 3.63) is 59.1 Å². The van der Waals surface area contributed by atoms with Crippen LogP contribution in [0.2, 0.25) is 5.02 Å². The minimum absolute atomic E-state index is 0.0429. The lowest BCUT2D eigenvalue weighted by molar-refractivity contribution is -0.122. The van der Waals surface area contributed by atoms with Crippen molar-refractivity contribution < 1.29 is 9.59 Å². The fourth-order valence-corrected chi connectivity index (χ4v) is 3.63. The van der Waals surface area contributed by atoms with E-state index in [4.69, 9.17) is 11.6 Å². The lowest BCUT2D eigenvalue weighted by atomic mass is 10.1. The molecule has 1 aliphatic heterocycles. The van der Waals surface area contributed by atoms with E-state index >= 15 is 0 Å². The van der Waals surface area contributed by atoms with Crippen LogP contribution in [-0.2, 0) is 9.59 Å². The second-order valence-corrected chi connectivity index (χ2v) is 7.49. The summed E-state index contributed by atoms with van der Waals surface area (Å²) in [7, 11) is 0. The van der Waals surface area contributed by atoms with E-state index in [-0.39, 0.29) is 17.9 Å². The molecule has 1 saturated heterocycles. The van der Waals surface area contributed by atoms with Crippen LogP contribution in [-0.4, -0.2) is 24.4 Å². The third-order valence-electron chi connectivity index (χ3n) is 4.94. The molecule has 2 aromatic rings. The summed E-state index contributed by atoms with van der Waals surface area (Å²) in [5.41, 5.74) is 2.36. The Morgan fingerprint density at radius 1 is 1.15 bits per heavy atom. The Bertz CT molecular complexity index is 852. The van der Waals surface area contributed by atoms with Crippen molar-refractivity contribution in [2.24, 2.45) is 0 Å². The van der Waals surface area contributed by atoms with Crippen LogP contribution >= 0.6 is 11.6 Å². The molecule has 2 N–H and O–H groups in total. The number of carbonyl (C=O) groups excluding carboxylic acids is 2. The Morgan fingerprint density at radius 3 is 2.56 bits per heavy atom. The highest BCUT2D eigenvalue weighted by Crippen LogP contribution is 2.33. The minimum atomic E-state index is -0.498. The van der Waals surface area contributed by atoms with E-state index in [0.717, 1.165) is 36.2 Å². The SMILES string of the molecule is O=C(NC1CC1)[C@@H](Nc1ccc(N2CCCC2=O)c(Cl)c1)c1ccccc1. The zero-order chi connectivity index (χ0) is 18.8. The van der Waals surface area contributed by atoms with Crippen LogP contribution in [0.25, 0.3) is 0 Å². The topological polar surface area (TPSA) is 61.4 Å². The Morgan fingerprint density at radius 2 is 1.93 bits per heavy atom. The van der Waals surface area contributed by atoms with Gasteiger partial charge in [0.2, 0.25) is 11.8 Å². The van der Waals surface area contributed by atoms with E-state index in [9.17, 15) is 9.59 Å². The highest BCUT2D eigenvalue weighted by molar-refractivity contribution is 6.34. The summed E-state index contributed by atoms with van der Waals surface area (Å²) >= 11 is 6.44. The lowest BCUT2D eigenvalue weighted by Crippen LogP contribution is -2.34. The fraction of sp³-hybridized carbons (Fsp3) is 0.333. The Kier molecular flexibility index (Phi) is 5.03. The third-order valence-corrected chi connectivity index (χ3v) is 5.24. The zero-order valence-electron chi connectivity index (χ0n) is 15.0. The van der Waals surface area contributed by atoms with Gasteiger partial charge in [-0.25, -0.2) is 0 Å². The van der Waals surface area contributed by atoms with Gasteiger partial charge in [-0.05, 0) is 43.0 Å². The maximum absolute atomic E-state index is 12.7. The maximum Gasteiger partial charge on any atom is 0.247 e. The number of hydrogen-bond acceptors (Lipinski definition) is 3. The minimum Gasteiger partial charge on any atom is -0.370 e. The number of amides is 2. The molecule has 27 heavy (non-hydrogen) atoms. The number of nitrogens with zero attached hydrogens (tertiary/aromatic N) is 1. The van der Waals surface area contributed by atoms with Crippen molar-refractivity contribution in [2.45, 2.75) is 37.8 Å². The first kappa shape index (κ1) is 17.9. The molecule has 2 amide bonds. The number of halogens is 1. The second kappa shape index (κ2) is 7.61. The number of anilines is 2. The van der Waals surface area contributed by atoms with Gasteiger partial charge in [0.05, 0.1) is 10.7 Å². The summed E-state index contributed by atoms with van der Waals surface area (Å²) in [5, 5.41) is 6.86. The predicted molar refractivity (Wildman–Crippen MR) is 107 cm³/mol. The van der Waals surface area contributed by atoms with Crippen LogP contribution in [0.1, 0.15) is 37.3 Å². The Balaban J connectivity index is 1.56. The first-order valence-corrected chi connectivity index (χ1v) is 9.71. The van der Waals surface area contributed by atoms with Gasteiger partial charge >= 0.3 is 0 Å². The summed E-state index contributed by atoms with van der Waals surface area (Å²) in [6, 6.07) is 14.9. The summed E-state index contributed by atoms with van der Waals surface area (Å²) in [5.74, 6) is 0.0576. The van der Waals surface area contributed by atoms with Crippen molar-refractivity contribution >= 4 is 34.8 Å². The molecule has 0 unspecified atom stereocenters. The smallest absolute Gasteiger partial charge is 0.247 e. The number of nitrogens with one attached hydrogen (secondary N) is 2. The third kappa shape index (κ3) is 4.08. The second-order valence-electron chi connectivity index (χ2n) is 7.09. The number of rotatable bonds is 6. The van der Waals surface area contributed by atoms with E-state index in [1.54, 1.807) is 11.0 Å². The van der Waals surface area contributed by atoms with Gasteiger partial charge < -0.3 is 15.5 Å². The molecule has 4 rings (SSSR count). The molecule has 0 aromatic heterocycles. The van der Waals surface area contributed by atoms with Gasteiger partial charge in [-0.15, -0.1) is 0 Å². The molecule has 0 radical (unpaired) electrons. The average Bonchev–Trinajstić information content (AvgIpc) is 3.39. The van der Waals surface area contributed by atoms with Gasteiger partial charge in [0.15, 0.2) is 0 Å². The van der Waals surface area contributed by atoms with Crippen LogP contribution in [0.5, 0.6) is 0 Å². The molecule has 1 aliphatic carbocycles. The lowest BCUT2D eigenvalue weighted by Gasteiger charge is -2.22. The summed E-state index contributed by atoms with van der Waals surface area (Å²) in [6.07, 6.45) is 3.50. The van der Waals surface area contributed by atoms with E-state index < -0.39 is 6.04 Å². The molecular formula is C21H22ClN3O2. The Labute approximate surface area is 163 Å². The molecule has 0 bridgehead atoms. The van der Waals surface area contributed by atoms with Crippen molar-refractivity contribution in [3.63, 3.8) is 0 Å². The normalized spacial score (nSPS) is 17.7. The first-order valence-electron chi connectivity index (χ1n) is 9.33. The Hall–Kier alpha value is -2.53. The number of hydrogen-bond donors (Lipinski definition) is 2. The molecule has 1 atom stereocenters. The maximum atomic E-state index is 12.7. The van der Waals surface area contributed by atoms with Crippen LogP contribution in [0.4, 0.5) is 11.4 Å². The molecule has 0 spiro atoms. The molecule has 5 nitrogen and oxygen atoms in total. The molecule has 2 aromatic carbocycles. The van der Waals surface area contributed by atoms with Gasteiger partial charge in [-0.1, -0.05) is 41.9 Å². The zero-order valence-corrected chi connectivity index (χ0v) is 15.7. The van der Waals surface area contributed by atoms with Crippen molar-refractivity contribution in [1.82, 2.24) is 5.32 Å². The van der Waals surface area contributed by atoms with Crippen molar-refractivity contribution in [2.75, 3.05) is 16.8 Å². The van der Waals surface area contributed by atoms with E-state index in [0.29, 0.717) is 18.0 Å². The molecule has 1 heterocycles. The average molecular weight is 384 g/mol. The van der Waals surface area contributed by atoms with Gasteiger partial charge in [-0.2, -0.15) is 0 Å². The fourth-order valence-electron chi connectivity index (χ4n) is 3.34. The van der Waals surface area contributed by atoms with Crippen LogP contribution in [0.3, 0.4) is 0 Å². The van der Waals surface area contributed by atoms with Gasteiger partial charge in [0, 0.05) is 24.7 Å². The van der Waals surface area contributed by atoms with E-state index in [1.807, 2.05) is 42.5 Å². The number of benzene rings is 2.